The fraction of sp³-hybridized carbons (Fsp3) is 0.179. The van der Waals surface area contributed by atoms with Crippen molar-refractivity contribution < 1.29 is 24.2 Å². The number of ether oxygens (including phenoxy) is 2. The molecule has 0 bridgehead atoms. The number of thiazole rings is 1. The molecule has 0 unspecified atom stereocenters. The number of benzene rings is 3. The van der Waals surface area contributed by atoms with Crippen LogP contribution in [0.15, 0.2) is 60.2 Å². The number of fused-ring (bicyclic) bond motifs is 2. The number of hydrogen-bond acceptors (Lipinski definition) is 7. The summed E-state index contributed by atoms with van der Waals surface area (Å²) in [5.41, 5.74) is 2.43. The normalized spacial score (nSPS) is 20.2. The molecule has 3 heterocycles. The van der Waals surface area contributed by atoms with E-state index in [4.69, 9.17) is 32.7 Å². The Labute approximate surface area is 231 Å². The molecule has 1 fully saturated rings. The maximum Gasteiger partial charge on any atom is 0.301 e. The van der Waals surface area contributed by atoms with Crippen molar-refractivity contribution >= 4 is 67.3 Å². The zero-order valence-electron chi connectivity index (χ0n) is 20.2. The molecule has 0 aliphatic carbocycles. The molecular weight excluding hydrogens is 547 g/mol. The molecular formula is C28H20Cl2N2O5S. The SMILES string of the molecule is COc1ccc2nc(N3C(=O)C(=O)/C(=C(/O)c4ccc5c(c4)C[C@@H](C)O5)[C@H]3c3ccc(Cl)c(Cl)c3)sc2c1. The van der Waals surface area contributed by atoms with Gasteiger partial charge in [0.2, 0.25) is 0 Å². The van der Waals surface area contributed by atoms with Crippen LogP contribution in [-0.2, 0) is 16.0 Å². The lowest BCUT2D eigenvalue weighted by Gasteiger charge is -2.23. The monoisotopic (exact) mass is 566 g/mol. The quantitative estimate of drug-likeness (QED) is 0.171. The number of halogens is 2. The lowest BCUT2D eigenvalue weighted by atomic mass is 9.94. The largest absolute Gasteiger partial charge is 0.507 e. The zero-order valence-corrected chi connectivity index (χ0v) is 22.5. The summed E-state index contributed by atoms with van der Waals surface area (Å²) in [6.45, 7) is 1.96. The standard InChI is InChI=1S/C28H20Cl2N2O5S/c1-13-9-16-10-15(4-8-21(16)37-13)25(33)23-24(14-3-6-18(29)19(30)11-14)32(27(35)26(23)34)28-31-20-7-5-17(36-2)12-22(20)38-28/h3-8,10-13,24,33H,9H2,1-2H3/b25-23+/t13-,24-/m1/s1. The number of aliphatic hydroxyl groups is 1. The van der Waals surface area contributed by atoms with Crippen molar-refractivity contribution in [1.29, 1.82) is 0 Å². The van der Waals surface area contributed by atoms with Crippen LogP contribution in [-0.4, -0.2) is 35.0 Å². The number of amides is 1. The molecule has 1 saturated heterocycles. The lowest BCUT2D eigenvalue weighted by Crippen LogP contribution is -2.29. The van der Waals surface area contributed by atoms with Crippen molar-refractivity contribution in [2.45, 2.75) is 25.5 Å². The van der Waals surface area contributed by atoms with Crippen molar-refractivity contribution in [3.63, 3.8) is 0 Å². The Hall–Kier alpha value is -3.59. The molecule has 4 aromatic rings. The molecule has 7 nitrogen and oxygen atoms in total. The van der Waals surface area contributed by atoms with Crippen LogP contribution in [0.2, 0.25) is 10.0 Å². The molecule has 2 aliphatic rings. The molecule has 1 aromatic heterocycles. The van der Waals surface area contributed by atoms with E-state index in [0.29, 0.717) is 39.0 Å². The Morgan fingerprint density at radius 1 is 1.11 bits per heavy atom. The van der Waals surface area contributed by atoms with E-state index in [0.717, 1.165) is 16.0 Å². The average molecular weight is 567 g/mol. The number of carbonyl (C=O) groups excluding carboxylic acids is 2. The van der Waals surface area contributed by atoms with E-state index in [1.54, 1.807) is 55.6 Å². The first-order valence-electron chi connectivity index (χ1n) is 11.8. The smallest absolute Gasteiger partial charge is 0.301 e. The molecule has 192 valence electrons. The lowest BCUT2D eigenvalue weighted by molar-refractivity contribution is -0.132. The number of carbonyl (C=O) groups is 2. The summed E-state index contributed by atoms with van der Waals surface area (Å²) < 4.78 is 11.9. The number of ketones is 1. The Kier molecular flexibility index (Phi) is 6.06. The minimum Gasteiger partial charge on any atom is -0.507 e. The highest BCUT2D eigenvalue weighted by Gasteiger charge is 2.48. The van der Waals surface area contributed by atoms with Gasteiger partial charge < -0.3 is 14.6 Å². The number of aliphatic hydroxyl groups excluding tert-OH is 1. The van der Waals surface area contributed by atoms with E-state index in [2.05, 4.69) is 4.98 Å². The second-order valence-electron chi connectivity index (χ2n) is 9.13. The highest BCUT2D eigenvalue weighted by Crippen LogP contribution is 2.46. The van der Waals surface area contributed by atoms with E-state index in [1.165, 1.54) is 16.2 Å². The molecule has 0 radical (unpaired) electrons. The second kappa shape index (κ2) is 9.31. The summed E-state index contributed by atoms with van der Waals surface area (Å²) in [4.78, 5) is 33.0. The summed E-state index contributed by atoms with van der Waals surface area (Å²) in [6, 6.07) is 14.5. The molecule has 1 N–H and O–H groups in total. The Morgan fingerprint density at radius 3 is 2.68 bits per heavy atom. The third-order valence-electron chi connectivity index (χ3n) is 6.66. The van der Waals surface area contributed by atoms with Crippen LogP contribution in [0.1, 0.15) is 29.7 Å². The third-order valence-corrected chi connectivity index (χ3v) is 8.42. The van der Waals surface area contributed by atoms with Gasteiger partial charge in [-0.2, -0.15) is 0 Å². The zero-order chi connectivity index (χ0) is 26.7. The summed E-state index contributed by atoms with van der Waals surface area (Å²) in [7, 11) is 1.57. The molecule has 10 heteroatoms. The number of anilines is 1. The van der Waals surface area contributed by atoms with Gasteiger partial charge in [-0.1, -0.05) is 40.6 Å². The van der Waals surface area contributed by atoms with Crippen LogP contribution in [0.25, 0.3) is 16.0 Å². The minimum absolute atomic E-state index is 0.0156. The Balaban J connectivity index is 1.54. The predicted octanol–water partition coefficient (Wildman–Crippen LogP) is 6.56. The van der Waals surface area contributed by atoms with Gasteiger partial charge in [0, 0.05) is 12.0 Å². The fourth-order valence-electron chi connectivity index (χ4n) is 4.88. The molecule has 3 aromatic carbocycles. The van der Waals surface area contributed by atoms with Crippen LogP contribution in [0.5, 0.6) is 11.5 Å². The molecule has 38 heavy (non-hydrogen) atoms. The van der Waals surface area contributed by atoms with Gasteiger partial charge in [-0.05, 0) is 66.6 Å². The van der Waals surface area contributed by atoms with Crippen LogP contribution in [0, 0.1) is 0 Å². The summed E-state index contributed by atoms with van der Waals surface area (Å²) in [6.07, 6.45) is 0.692. The molecule has 1 amide bonds. The third kappa shape index (κ3) is 4.00. The van der Waals surface area contributed by atoms with E-state index in [1.807, 2.05) is 13.0 Å². The van der Waals surface area contributed by atoms with Gasteiger partial charge in [0.15, 0.2) is 5.13 Å². The van der Waals surface area contributed by atoms with Crippen molar-refractivity contribution in [3.05, 3.63) is 86.9 Å². The highest BCUT2D eigenvalue weighted by molar-refractivity contribution is 7.22. The van der Waals surface area contributed by atoms with E-state index >= 15 is 0 Å². The van der Waals surface area contributed by atoms with E-state index < -0.39 is 17.7 Å². The van der Waals surface area contributed by atoms with Crippen LogP contribution in [0.3, 0.4) is 0 Å². The minimum atomic E-state index is -0.976. The maximum absolute atomic E-state index is 13.5. The van der Waals surface area contributed by atoms with Gasteiger partial charge in [0.25, 0.3) is 5.78 Å². The van der Waals surface area contributed by atoms with Crippen LogP contribution >= 0.6 is 34.5 Å². The maximum atomic E-state index is 13.5. The van der Waals surface area contributed by atoms with Crippen LogP contribution < -0.4 is 14.4 Å². The summed E-state index contributed by atoms with van der Waals surface area (Å²) in [5, 5.41) is 12.4. The molecule has 0 saturated carbocycles. The first-order chi connectivity index (χ1) is 18.2. The average Bonchev–Trinajstić information content (AvgIpc) is 3.57. The molecule has 2 aliphatic heterocycles. The highest BCUT2D eigenvalue weighted by atomic mass is 35.5. The number of aromatic nitrogens is 1. The van der Waals surface area contributed by atoms with Crippen molar-refractivity contribution in [1.82, 2.24) is 4.98 Å². The number of nitrogens with zero attached hydrogens (tertiary/aromatic N) is 2. The van der Waals surface area contributed by atoms with Crippen LogP contribution in [0.4, 0.5) is 5.13 Å². The fourth-order valence-corrected chi connectivity index (χ4v) is 6.20. The molecule has 0 spiro atoms. The van der Waals surface area contributed by atoms with Gasteiger partial charge in [-0.3, -0.25) is 14.5 Å². The first-order valence-corrected chi connectivity index (χ1v) is 13.3. The van der Waals surface area contributed by atoms with Gasteiger partial charge in [-0.15, -0.1) is 0 Å². The van der Waals surface area contributed by atoms with E-state index in [9.17, 15) is 14.7 Å². The number of methoxy groups -OCH3 is 1. The Bertz CT molecular complexity index is 1680. The van der Waals surface area contributed by atoms with Crippen molar-refractivity contribution in [2.24, 2.45) is 0 Å². The number of Topliss-reactive ketones (excluding diaryl/α,β-unsaturated/α-hetero) is 1. The van der Waals surface area contributed by atoms with Gasteiger partial charge in [-0.25, -0.2) is 4.98 Å². The van der Waals surface area contributed by atoms with Gasteiger partial charge in [0.1, 0.15) is 23.4 Å². The Morgan fingerprint density at radius 2 is 1.92 bits per heavy atom. The summed E-state index contributed by atoms with van der Waals surface area (Å²) >= 11 is 13.7. The number of rotatable bonds is 4. The second-order valence-corrected chi connectivity index (χ2v) is 11.0. The number of hydrogen-bond donors (Lipinski definition) is 1. The summed E-state index contributed by atoms with van der Waals surface area (Å²) in [5.74, 6) is -0.523. The first kappa shape index (κ1) is 24.7. The van der Waals surface area contributed by atoms with Crippen molar-refractivity contribution in [2.75, 3.05) is 12.0 Å². The van der Waals surface area contributed by atoms with Gasteiger partial charge in [0.05, 0.1) is 39.0 Å². The topological polar surface area (TPSA) is 89.0 Å². The van der Waals surface area contributed by atoms with E-state index in [-0.39, 0.29) is 22.5 Å². The molecule has 2 atom stereocenters. The predicted molar refractivity (Wildman–Crippen MR) is 148 cm³/mol. The van der Waals surface area contributed by atoms with Gasteiger partial charge >= 0.3 is 5.91 Å². The molecule has 6 rings (SSSR count). The van der Waals surface area contributed by atoms with Crippen molar-refractivity contribution in [3.8, 4) is 11.5 Å².